The first-order valence-electron chi connectivity index (χ1n) is 8.84. The summed E-state index contributed by atoms with van der Waals surface area (Å²) < 4.78 is 0. The van der Waals surface area contributed by atoms with E-state index in [1.54, 1.807) is 0 Å². The Balaban J connectivity index is 3.13. The van der Waals surface area contributed by atoms with Crippen molar-refractivity contribution < 1.29 is 0 Å². The standard InChI is InChI=1S/C18H38S/c1-4-5-6-8-12-15-18(19)16-13-10-7-9-11-14-17(2)3/h17-19H,4-16H2,1-3H3. The van der Waals surface area contributed by atoms with Crippen LogP contribution in [0.1, 0.15) is 104 Å². The van der Waals surface area contributed by atoms with Gasteiger partial charge in [-0.3, -0.25) is 0 Å². The van der Waals surface area contributed by atoms with Crippen LogP contribution >= 0.6 is 12.6 Å². The number of rotatable bonds is 14. The fourth-order valence-electron chi connectivity index (χ4n) is 2.59. The van der Waals surface area contributed by atoms with Crippen molar-refractivity contribution in [2.45, 2.75) is 109 Å². The SMILES string of the molecule is CCCCCCCC(S)CCCCCCCC(C)C. The zero-order valence-corrected chi connectivity index (χ0v) is 14.7. The summed E-state index contributed by atoms with van der Waals surface area (Å²) in [6.07, 6.45) is 18.2. The number of hydrogen-bond donors (Lipinski definition) is 1. The average Bonchev–Trinajstić information content (AvgIpc) is 2.37. The highest BCUT2D eigenvalue weighted by molar-refractivity contribution is 7.80. The van der Waals surface area contributed by atoms with Gasteiger partial charge in [0.15, 0.2) is 0 Å². The number of unbranched alkanes of at least 4 members (excludes halogenated alkanes) is 8. The van der Waals surface area contributed by atoms with Crippen LogP contribution in [0.5, 0.6) is 0 Å². The molecule has 1 heteroatoms. The molecule has 0 aromatic carbocycles. The molecule has 1 atom stereocenters. The third-order valence-corrected chi connectivity index (χ3v) is 4.48. The lowest BCUT2D eigenvalue weighted by Crippen LogP contribution is -1.98. The van der Waals surface area contributed by atoms with Gasteiger partial charge in [0.2, 0.25) is 0 Å². The van der Waals surface area contributed by atoms with E-state index in [2.05, 4.69) is 20.8 Å². The number of hydrogen-bond acceptors (Lipinski definition) is 1. The van der Waals surface area contributed by atoms with Crippen LogP contribution in [0.4, 0.5) is 0 Å². The Morgan fingerprint density at radius 2 is 1.05 bits per heavy atom. The molecule has 0 aromatic rings. The molecular weight excluding hydrogens is 248 g/mol. The summed E-state index contributed by atoms with van der Waals surface area (Å²) in [4.78, 5) is 0. The van der Waals surface area contributed by atoms with Crippen LogP contribution in [0.2, 0.25) is 0 Å². The second-order valence-electron chi connectivity index (χ2n) is 6.60. The minimum absolute atomic E-state index is 0.664. The van der Waals surface area contributed by atoms with E-state index in [1.807, 2.05) is 0 Å². The van der Waals surface area contributed by atoms with Crippen LogP contribution in [-0.4, -0.2) is 5.25 Å². The monoisotopic (exact) mass is 286 g/mol. The van der Waals surface area contributed by atoms with Crippen molar-refractivity contribution in [3.05, 3.63) is 0 Å². The maximum atomic E-state index is 4.73. The van der Waals surface area contributed by atoms with Crippen LogP contribution in [-0.2, 0) is 0 Å². The Morgan fingerprint density at radius 1 is 0.632 bits per heavy atom. The Labute approximate surface area is 128 Å². The van der Waals surface area contributed by atoms with Gasteiger partial charge in [-0.05, 0) is 18.8 Å². The van der Waals surface area contributed by atoms with E-state index in [-0.39, 0.29) is 0 Å². The van der Waals surface area contributed by atoms with Crippen LogP contribution in [0, 0.1) is 5.92 Å². The van der Waals surface area contributed by atoms with Crippen molar-refractivity contribution in [2.24, 2.45) is 5.92 Å². The van der Waals surface area contributed by atoms with E-state index < -0.39 is 0 Å². The molecule has 0 heterocycles. The first-order valence-corrected chi connectivity index (χ1v) is 9.36. The molecule has 0 bridgehead atoms. The predicted molar refractivity (Wildman–Crippen MR) is 93.3 cm³/mol. The van der Waals surface area contributed by atoms with Crippen LogP contribution in [0.25, 0.3) is 0 Å². The quantitative estimate of drug-likeness (QED) is 0.257. The van der Waals surface area contributed by atoms with E-state index >= 15 is 0 Å². The molecule has 0 fully saturated rings. The second kappa shape index (κ2) is 14.8. The first kappa shape index (κ1) is 19.4. The molecule has 0 rings (SSSR count). The molecular formula is C18H38S. The van der Waals surface area contributed by atoms with Crippen molar-refractivity contribution in [2.75, 3.05) is 0 Å². The summed E-state index contributed by atoms with van der Waals surface area (Å²) >= 11 is 4.73. The average molecular weight is 287 g/mol. The normalized spacial score (nSPS) is 13.1. The molecule has 0 amide bonds. The van der Waals surface area contributed by atoms with E-state index in [1.165, 1.54) is 83.5 Å². The van der Waals surface area contributed by atoms with Crippen molar-refractivity contribution >= 4 is 12.6 Å². The largest absolute Gasteiger partial charge is 0.176 e. The van der Waals surface area contributed by atoms with Crippen LogP contribution in [0.3, 0.4) is 0 Å². The Morgan fingerprint density at radius 3 is 1.53 bits per heavy atom. The maximum Gasteiger partial charge on any atom is 0.00168 e. The predicted octanol–water partition coefficient (Wildman–Crippen LogP) is 7.03. The molecule has 0 spiro atoms. The molecule has 1 unspecified atom stereocenters. The van der Waals surface area contributed by atoms with E-state index in [4.69, 9.17) is 12.6 Å². The van der Waals surface area contributed by atoms with Gasteiger partial charge in [-0.1, -0.05) is 91.4 Å². The third-order valence-electron chi connectivity index (χ3n) is 3.96. The highest BCUT2D eigenvalue weighted by Gasteiger charge is 2.02. The fraction of sp³-hybridized carbons (Fsp3) is 1.00. The van der Waals surface area contributed by atoms with Gasteiger partial charge in [0.05, 0.1) is 0 Å². The Hall–Kier alpha value is 0.350. The van der Waals surface area contributed by atoms with Gasteiger partial charge in [0.25, 0.3) is 0 Å². The summed E-state index contributed by atoms with van der Waals surface area (Å²) in [6.45, 7) is 6.93. The highest BCUT2D eigenvalue weighted by atomic mass is 32.1. The van der Waals surface area contributed by atoms with Gasteiger partial charge >= 0.3 is 0 Å². The molecule has 0 saturated heterocycles. The summed E-state index contributed by atoms with van der Waals surface area (Å²) in [5.74, 6) is 0.884. The molecule has 0 aliphatic carbocycles. The highest BCUT2D eigenvalue weighted by Crippen LogP contribution is 2.18. The zero-order chi connectivity index (χ0) is 14.3. The molecule has 0 aliphatic rings. The molecule has 0 aliphatic heterocycles. The molecule has 0 nitrogen and oxygen atoms in total. The smallest absolute Gasteiger partial charge is 0.00168 e. The lowest BCUT2D eigenvalue weighted by molar-refractivity contribution is 0.506. The van der Waals surface area contributed by atoms with Gasteiger partial charge in [0.1, 0.15) is 0 Å². The van der Waals surface area contributed by atoms with Crippen LogP contribution < -0.4 is 0 Å². The molecule has 19 heavy (non-hydrogen) atoms. The van der Waals surface area contributed by atoms with Gasteiger partial charge in [-0.15, -0.1) is 0 Å². The Kier molecular flexibility index (Phi) is 15.0. The van der Waals surface area contributed by atoms with E-state index in [0.29, 0.717) is 5.25 Å². The van der Waals surface area contributed by atoms with Crippen molar-refractivity contribution in [3.8, 4) is 0 Å². The molecule has 0 radical (unpaired) electrons. The number of thiol groups is 1. The summed E-state index contributed by atoms with van der Waals surface area (Å²) in [6, 6.07) is 0. The first-order chi connectivity index (χ1) is 9.16. The minimum Gasteiger partial charge on any atom is -0.176 e. The van der Waals surface area contributed by atoms with Gasteiger partial charge in [-0.2, -0.15) is 12.6 Å². The minimum atomic E-state index is 0.664. The fourth-order valence-corrected chi connectivity index (χ4v) is 2.96. The van der Waals surface area contributed by atoms with Crippen molar-refractivity contribution in [1.82, 2.24) is 0 Å². The van der Waals surface area contributed by atoms with Crippen molar-refractivity contribution in [1.29, 1.82) is 0 Å². The summed E-state index contributed by atoms with van der Waals surface area (Å²) in [5.41, 5.74) is 0. The third kappa shape index (κ3) is 16.3. The van der Waals surface area contributed by atoms with Crippen LogP contribution in [0.15, 0.2) is 0 Å². The molecule has 0 saturated carbocycles. The summed E-state index contributed by atoms with van der Waals surface area (Å²) in [7, 11) is 0. The topological polar surface area (TPSA) is 0 Å². The molecule has 0 aromatic heterocycles. The summed E-state index contributed by atoms with van der Waals surface area (Å²) in [5, 5.41) is 0.664. The lowest BCUT2D eigenvalue weighted by atomic mass is 10.0. The second-order valence-corrected chi connectivity index (χ2v) is 7.33. The van der Waals surface area contributed by atoms with Gasteiger partial charge in [-0.25, -0.2) is 0 Å². The zero-order valence-electron chi connectivity index (χ0n) is 13.8. The van der Waals surface area contributed by atoms with E-state index in [9.17, 15) is 0 Å². The lowest BCUT2D eigenvalue weighted by Gasteiger charge is -2.10. The Bertz CT molecular complexity index is 165. The van der Waals surface area contributed by atoms with Gasteiger partial charge < -0.3 is 0 Å². The molecule has 0 N–H and O–H groups in total. The maximum absolute atomic E-state index is 4.73. The van der Waals surface area contributed by atoms with E-state index in [0.717, 1.165) is 5.92 Å². The van der Waals surface area contributed by atoms with Crippen molar-refractivity contribution in [3.63, 3.8) is 0 Å². The molecule has 116 valence electrons. The van der Waals surface area contributed by atoms with Gasteiger partial charge in [0, 0.05) is 5.25 Å².